The maximum atomic E-state index is 13.8. The zero-order valence-electron chi connectivity index (χ0n) is 44.9. The van der Waals surface area contributed by atoms with Crippen molar-refractivity contribution in [2.45, 2.75) is 45.5 Å². The number of aliphatic carboxylic acids is 1. The topological polar surface area (TPSA) is 452 Å². The third-order valence-electron chi connectivity index (χ3n) is 11.3. The van der Waals surface area contributed by atoms with Crippen LogP contribution in [0.5, 0.6) is 0 Å². The van der Waals surface area contributed by atoms with Crippen molar-refractivity contribution in [2.24, 2.45) is 0 Å². The number of amides is 10. The van der Waals surface area contributed by atoms with Crippen LogP contribution in [0.2, 0.25) is 0 Å². The van der Waals surface area contributed by atoms with Crippen molar-refractivity contribution < 1.29 is 71.8 Å². The molecule has 3 atom stereocenters. The van der Waals surface area contributed by atoms with Gasteiger partial charge in [-0.2, -0.15) is 0 Å². The van der Waals surface area contributed by atoms with Crippen molar-refractivity contribution in [3.63, 3.8) is 0 Å². The second-order valence-electron chi connectivity index (χ2n) is 17.6. The van der Waals surface area contributed by atoms with Crippen LogP contribution in [-0.2, 0) is 35.3 Å². The number of nitrogens with one attached hydrogen (secondary N) is 10. The van der Waals surface area contributed by atoms with Crippen LogP contribution in [0.15, 0.2) is 124 Å². The van der Waals surface area contributed by atoms with Crippen LogP contribution in [0.3, 0.4) is 0 Å². The molecule has 6 aromatic rings. The molecule has 0 spiro atoms. The van der Waals surface area contributed by atoms with Gasteiger partial charge in [0.1, 0.15) is 73.5 Å². The van der Waals surface area contributed by atoms with Gasteiger partial charge >= 0.3 is 5.97 Å². The highest BCUT2D eigenvalue weighted by Gasteiger charge is 2.31. The van der Waals surface area contributed by atoms with Crippen molar-refractivity contribution in [3.05, 3.63) is 165 Å². The van der Waals surface area contributed by atoms with Crippen molar-refractivity contribution >= 4 is 110 Å². The molecule has 3 unspecified atom stereocenters. The fraction of sp³-hybridized carbons (Fsp3) is 0.135. The number of hydrogen-bond donors (Lipinski definition) is 12. The van der Waals surface area contributed by atoms with Crippen LogP contribution >= 0.6 is 34.0 Å². The summed E-state index contributed by atoms with van der Waals surface area (Å²) in [6.45, 7) is 25.0. The lowest BCUT2D eigenvalue weighted by Gasteiger charge is -2.20. The van der Waals surface area contributed by atoms with E-state index < -0.39 is 117 Å². The minimum absolute atomic E-state index is 0.0187. The van der Waals surface area contributed by atoms with Gasteiger partial charge in [0.15, 0.2) is 5.69 Å². The number of carbonyl (C=O) groups is 11. The van der Waals surface area contributed by atoms with Gasteiger partial charge in [-0.05, 0) is 32.9 Å². The van der Waals surface area contributed by atoms with Gasteiger partial charge in [-0.1, -0.05) is 45.5 Å². The smallest absolute Gasteiger partial charge is 0.351 e. The molecule has 1 aliphatic rings. The van der Waals surface area contributed by atoms with Gasteiger partial charge in [-0.3, -0.25) is 47.9 Å². The molecule has 1 aliphatic heterocycles. The molecule has 0 fully saturated rings. The quantitative estimate of drug-likeness (QED) is 0.0862. The number of carbonyl (C=O) groups excluding carboxylic acids is 10. The second-order valence-corrected chi connectivity index (χ2v) is 20.3. The Labute approximate surface area is 495 Å². The highest BCUT2D eigenvalue weighted by Crippen LogP contribution is 2.34. The van der Waals surface area contributed by atoms with E-state index >= 15 is 0 Å². The molecule has 0 aliphatic carbocycles. The normalized spacial score (nSPS) is 16.1. The molecular formula is C52H46N16O15S3. The summed E-state index contributed by atoms with van der Waals surface area (Å²) in [5.74, 6) is -11.7. The van der Waals surface area contributed by atoms with E-state index in [1.807, 2.05) is 10.6 Å². The SMILES string of the molecule is C=C(NC(=O)C(=C)NC(=O)C(=C)NC(=O)C(=C)NC(=O)c1ccc2c(n1)-c1coc(n1)C(=C)NC(=O)C(=C)NC(=O)c1csc(n1)C(C)NC(=O)c1csc(n1)CNC(=O)c1coc(n1)/C(=C/C)NC(=O)C(C(C)O)NC(=O)c1csc-2n1)C(=O)O. The predicted molar refractivity (Wildman–Crippen MR) is 303 cm³/mol. The third-order valence-corrected chi connectivity index (χ3v) is 14.0. The number of nitrogens with zero attached hydrogens (tertiary/aromatic N) is 6. The fourth-order valence-corrected chi connectivity index (χ4v) is 9.16. The highest BCUT2D eigenvalue weighted by molar-refractivity contribution is 7.13. The summed E-state index contributed by atoms with van der Waals surface area (Å²) in [4.78, 5) is 169. The summed E-state index contributed by atoms with van der Waals surface area (Å²) in [6.07, 6.45) is 1.94. The lowest BCUT2D eigenvalue weighted by Crippen LogP contribution is -2.52. The van der Waals surface area contributed by atoms with Crippen LogP contribution in [0.4, 0.5) is 0 Å². The summed E-state index contributed by atoms with van der Waals surface area (Å²) in [5, 5.41) is 47.8. The number of thiazole rings is 3. The first kappa shape index (κ1) is 62.4. The van der Waals surface area contributed by atoms with E-state index in [2.05, 4.69) is 112 Å². The van der Waals surface area contributed by atoms with Crippen molar-refractivity contribution in [1.82, 2.24) is 83.1 Å². The minimum atomic E-state index is -1.63. The second kappa shape index (κ2) is 26.8. The number of fused-ring (bicyclic) bond motifs is 13. The van der Waals surface area contributed by atoms with Gasteiger partial charge < -0.3 is 72.2 Å². The van der Waals surface area contributed by atoms with Gasteiger partial charge in [-0.15, -0.1) is 34.0 Å². The van der Waals surface area contributed by atoms with Gasteiger partial charge in [-0.25, -0.2) is 34.7 Å². The molecule has 7 rings (SSSR count). The van der Waals surface area contributed by atoms with E-state index in [9.17, 15) is 57.8 Å². The van der Waals surface area contributed by atoms with Crippen LogP contribution < -0.4 is 53.2 Å². The molecule has 0 saturated carbocycles. The number of aliphatic hydroxyl groups is 1. The molecule has 0 aromatic carbocycles. The molecule has 0 saturated heterocycles. The van der Waals surface area contributed by atoms with E-state index in [-0.39, 0.29) is 74.5 Å². The van der Waals surface area contributed by atoms with Gasteiger partial charge in [0.05, 0.1) is 52.9 Å². The molecule has 31 nitrogen and oxygen atoms in total. The van der Waals surface area contributed by atoms with Crippen LogP contribution in [-0.4, -0.2) is 117 Å². The van der Waals surface area contributed by atoms with Crippen molar-refractivity contribution in [1.29, 1.82) is 0 Å². The highest BCUT2D eigenvalue weighted by atomic mass is 32.1. The molecule has 7 heterocycles. The average molecular weight is 1230 g/mol. The van der Waals surface area contributed by atoms with Crippen LogP contribution in [0, 0.1) is 0 Å². The number of aliphatic hydroxyl groups excluding tert-OH is 1. The molecule has 10 amide bonds. The van der Waals surface area contributed by atoms with E-state index in [1.54, 1.807) is 6.92 Å². The number of carboxylic acids is 1. The number of oxazole rings is 2. The Morgan fingerprint density at radius 3 is 1.88 bits per heavy atom. The average Bonchev–Trinajstić information content (AvgIpc) is 4.19. The zero-order valence-corrected chi connectivity index (χ0v) is 47.4. The monoisotopic (exact) mass is 1230 g/mol. The van der Waals surface area contributed by atoms with E-state index in [0.29, 0.717) is 10.0 Å². The van der Waals surface area contributed by atoms with Gasteiger partial charge in [0, 0.05) is 21.7 Å². The minimum Gasteiger partial charge on any atom is -0.477 e. The molecule has 12 N–H and O–H groups in total. The number of carboxylic acid groups (broad SMARTS) is 1. The van der Waals surface area contributed by atoms with Crippen molar-refractivity contribution in [3.8, 4) is 22.0 Å². The number of allylic oxidation sites excluding steroid dienone is 1. The molecular weight excluding hydrogens is 1180 g/mol. The molecule has 6 aromatic heterocycles. The van der Waals surface area contributed by atoms with E-state index in [4.69, 9.17) is 13.9 Å². The fourth-order valence-electron chi connectivity index (χ4n) is 6.81. The number of hydrogen-bond acceptors (Lipinski definition) is 23. The summed E-state index contributed by atoms with van der Waals surface area (Å²) >= 11 is 2.99. The largest absolute Gasteiger partial charge is 0.477 e. The maximum Gasteiger partial charge on any atom is 0.351 e. The number of pyridine rings is 1. The van der Waals surface area contributed by atoms with Gasteiger partial charge in [0.2, 0.25) is 17.7 Å². The Hall–Kier alpha value is -11.2. The molecule has 86 heavy (non-hydrogen) atoms. The third kappa shape index (κ3) is 15.1. The Morgan fingerprint density at radius 1 is 0.651 bits per heavy atom. The standard InChI is InChI=1S/C52H46N16O15S3/c1-10-28-49-65-31(15-83-49)42(74)53-13-35-61-32(16-84-35)44(76)59-24(7)50-66-33(17-85-50)45(77)57-22(5)40(72)58-23(6)48-64-30(14-82-48)37-27(51-67-34(18-86-51)46(78)68-36(26(9)69)47(79)63-28)11-12-29(62-37)43(75)56-21(4)39(71)54-19(2)38(70)55-20(3)41(73)60-25(8)52(80)81/h10-12,14-18,24,26,36,69H,2-6,8,13H2,1,7,9H3,(H,53,74)(H,54,71)(H,55,70)(H,56,75)(H,57,77)(H,58,72)(H,59,76)(H,60,73)(H,63,79)(H,68,78)(H,80,81)/b28-10-. The Kier molecular flexibility index (Phi) is 19.4. The first-order chi connectivity index (χ1) is 40.7. The van der Waals surface area contributed by atoms with Crippen LogP contribution in [0.1, 0.15) is 101 Å². The predicted octanol–water partition coefficient (Wildman–Crippen LogP) is 1.40. The first-order valence-electron chi connectivity index (χ1n) is 24.3. The Balaban J connectivity index is 1.15. The molecule has 442 valence electrons. The van der Waals surface area contributed by atoms with Crippen LogP contribution in [0.25, 0.3) is 33.4 Å². The summed E-state index contributed by atoms with van der Waals surface area (Å²) in [6, 6.07) is 0.142. The Bertz CT molecular complexity index is 3950. The van der Waals surface area contributed by atoms with Crippen molar-refractivity contribution in [2.75, 3.05) is 0 Å². The molecule has 10 bridgehead atoms. The summed E-state index contributed by atoms with van der Waals surface area (Å²) in [5.41, 5.74) is -4.74. The summed E-state index contributed by atoms with van der Waals surface area (Å²) in [7, 11) is 0. The van der Waals surface area contributed by atoms with E-state index in [1.165, 1.54) is 48.2 Å². The lowest BCUT2D eigenvalue weighted by atomic mass is 10.1. The van der Waals surface area contributed by atoms with Gasteiger partial charge in [0.25, 0.3) is 53.2 Å². The Morgan fingerprint density at radius 2 is 1.22 bits per heavy atom. The van der Waals surface area contributed by atoms with E-state index in [0.717, 1.165) is 46.5 Å². The zero-order chi connectivity index (χ0) is 62.8. The maximum absolute atomic E-state index is 13.8. The number of rotatable bonds is 10. The summed E-state index contributed by atoms with van der Waals surface area (Å²) < 4.78 is 11.1. The lowest BCUT2D eigenvalue weighted by molar-refractivity contribution is -0.134. The number of aromatic nitrogens is 6. The molecule has 34 heteroatoms. The molecule has 0 radical (unpaired) electrons. The first-order valence-corrected chi connectivity index (χ1v) is 26.9.